The smallest absolute Gasteiger partial charge is 0.136 e. The van der Waals surface area contributed by atoms with Crippen molar-refractivity contribution in [2.45, 2.75) is 59.5 Å². The van der Waals surface area contributed by atoms with Gasteiger partial charge in [0.25, 0.3) is 0 Å². The van der Waals surface area contributed by atoms with Gasteiger partial charge < -0.3 is 9.64 Å². The molecule has 0 saturated carbocycles. The van der Waals surface area contributed by atoms with E-state index >= 15 is 0 Å². The molecule has 0 radical (unpaired) electrons. The fraction of sp³-hybridized carbons (Fsp3) is 0.778. The predicted octanol–water partition coefficient (Wildman–Crippen LogP) is 3.79. The second-order valence-electron chi connectivity index (χ2n) is 7.95. The number of anilines is 1. The molecule has 1 atom stereocenters. The van der Waals surface area contributed by atoms with Crippen LogP contribution in [0.4, 0.5) is 5.82 Å². The van der Waals surface area contributed by atoms with Crippen molar-refractivity contribution in [2.75, 3.05) is 25.1 Å². The van der Waals surface area contributed by atoms with Crippen LogP contribution in [0.5, 0.6) is 0 Å². The highest BCUT2D eigenvalue weighted by Gasteiger charge is 2.26. The molecule has 2 rings (SSSR count). The van der Waals surface area contributed by atoms with Crippen molar-refractivity contribution in [3.8, 4) is 0 Å². The van der Waals surface area contributed by atoms with Crippen molar-refractivity contribution < 1.29 is 4.74 Å². The zero-order chi connectivity index (χ0) is 16.3. The molecule has 1 fully saturated rings. The normalized spacial score (nSPS) is 19.2. The zero-order valence-corrected chi connectivity index (χ0v) is 15.0. The van der Waals surface area contributed by atoms with Gasteiger partial charge in [0.05, 0.1) is 12.3 Å². The average molecular weight is 305 g/mol. The van der Waals surface area contributed by atoms with Crippen molar-refractivity contribution >= 4 is 5.82 Å². The fourth-order valence-electron chi connectivity index (χ4n) is 3.10. The Bertz CT molecular complexity index is 494. The van der Waals surface area contributed by atoms with Gasteiger partial charge in [-0.25, -0.2) is 9.97 Å². The van der Waals surface area contributed by atoms with Crippen molar-refractivity contribution in [2.24, 2.45) is 11.8 Å². The first kappa shape index (κ1) is 17.2. The van der Waals surface area contributed by atoms with Gasteiger partial charge in [0, 0.05) is 31.7 Å². The molecule has 4 heteroatoms. The molecule has 4 nitrogen and oxygen atoms in total. The van der Waals surface area contributed by atoms with E-state index in [0.717, 1.165) is 42.3 Å². The van der Waals surface area contributed by atoms with Gasteiger partial charge in [0.2, 0.25) is 0 Å². The summed E-state index contributed by atoms with van der Waals surface area (Å²) in [6.07, 6.45) is 2.57. The number of nitrogens with zero attached hydrogens (tertiary/aromatic N) is 3. The van der Waals surface area contributed by atoms with Crippen LogP contribution < -0.4 is 4.90 Å². The van der Waals surface area contributed by atoms with E-state index in [1.54, 1.807) is 7.11 Å². The molecule has 1 aromatic heterocycles. The number of ether oxygens (including phenoxy) is 1. The molecular weight excluding hydrogens is 274 g/mol. The summed E-state index contributed by atoms with van der Waals surface area (Å²) < 4.78 is 5.28. The third-order valence-corrected chi connectivity index (χ3v) is 4.14. The maximum atomic E-state index is 5.28. The lowest BCUT2D eigenvalue weighted by atomic mass is 9.95. The van der Waals surface area contributed by atoms with Gasteiger partial charge in [-0.1, -0.05) is 34.6 Å². The fourth-order valence-corrected chi connectivity index (χ4v) is 3.10. The van der Waals surface area contributed by atoms with E-state index in [4.69, 9.17) is 9.72 Å². The highest BCUT2D eigenvalue weighted by molar-refractivity contribution is 5.41. The Kier molecular flexibility index (Phi) is 5.43. The molecule has 0 spiro atoms. The van der Waals surface area contributed by atoms with Gasteiger partial charge in [0.1, 0.15) is 11.6 Å². The van der Waals surface area contributed by atoms with Gasteiger partial charge in [-0.3, -0.25) is 0 Å². The van der Waals surface area contributed by atoms with Crippen LogP contribution in [0.1, 0.15) is 59.0 Å². The number of hydrogen-bond donors (Lipinski definition) is 0. The van der Waals surface area contributed by atoms with Crippen LogP contribution in [0.2, 0.25) is 0 Å². The van der Waals surface area contributed by atoms with E-state index in [2.05, 4.69) is 50.6 Å². The average Bonchev–Trinajstić information content (AvgIpc) is 2.85. The zero-order valence-electron chi connectivity index (χ0n) is 15.0. The number of hydrogen-bond acceptors (Lipinski definition) is 4. The summed E-state index contributed by atoms with van der Waals surface area (Å²) in [6, 6.07) is 2.09. The van der Waals surface area contributed by atoms with Crippen LogP contribution in [-0.4, -0.2) is 30.2 Å². The second kappa shape index (κ2) is 6.95. The highest BCUT2D eigenvalue weighted by atomic mass is 16.5. The molecule has 1 saturated heterocycles. The Hall–Kier alpha value is -1.16. The lowest BCUT2D eigenvalue weighted by Gasteiger charge is -2.23. The summed E-state index contributed by atoms with van der Waals surface area (Å²) in [5.41, 5.74) is 0.931. The van der Waals surface area contributed by atoms with Crippen molar-refractivity contribution in [3.05, 3.63) is 17.6 Å². The van der Waals surface area contributed by atoms with Crippen molar-refractivity contribution in [3.63, 3.8) is 0 Å². The van der Waals surface area contributed by atoms with Gasteiger partial charge >= 0.3 is 0 Å². The first-order chi connectivity index (χ1) is 10.3. The molecule has 1 unspecified atom stereocenters. The van der Waals surface area contributed by atoms with Crippen LogP contribution in [0, 0.1) is 11.8 Å². The van der Waals surface area contributed by atoms with E-state index in [9.17, 15) is 0 Å². The molecule has 0 amide bonds. The molecule has 1 aliphatic rings. The van der Waals surface area contributed by atoms with E-state index in [-0.39, 0.29) is 5.41 Å². The predicted molar refractivity (Wildman–Crippen MR) is 91.2 cm³/mol. The molecule has 1 aliphatic heterocycles. The molecule has 0 aromatic carbocycles. The van der Waals surface area contributed by atoms with Crippen LogP contribution in [0.15, 0.2) is 6.07 Å². The summed E-state index contributed by atoms with van der Waals surface area (Å²) in [6.45, 7) is 13.9. The highest BCUT2D eigenvalue weighted by Crippen LogP contribution is 2.29. The van der Waals surface area contributed by atoms with Gasteiger partial charge in [-0.2, -0.15) is 0 Å². The summed E-state index contributed by atoms with van der Waals surface area (Å²) in [5, 5.41) is 0. The molecule has 22 heavy (non-hydrogen) atoms. The van der Waals surface area contributed by atoms with Crippen LogP contribution in [0.25, 0.3) is 0 Å². The van der Waals surface area contributed by atoms with Crippen molar-refractivity contribution in [1.82, 2.24) is 9.97 Å². The van der Waals surface area contributed by atoms with Gasteiger partial charge in [-0.15, -0.1) is 0 Å². The summed E-state index contributed by atoms with van der Waals surface area (Å²) >= 11 is 0. The minimum atomic E-state index is -0.0461. The molecule has 0 bridgehead atoms. The van der Waals surface area contributed by atoms with E-state index in [1.807, 2.05) is 0 Å². The topological polar surface area (TPSA) is 38.2 Å². The number of rotatable bonds is 5. The Morgan fingerprint density at radius 2 is 2.05 bits per heavy atom. The van der Waals surface area contributed by atoms with E-state index in [0.29, 0.717) is 6.61 Å². The SMILES string of the molecule is COCc1cc(N2CCC(CC(C)C)C2)nc(C(C)(C)C)n1. The second-order valence-corrected chi connectivity index (χ2v) is 7.95. The number of aromatic nitrogens is 2. The third kappa shape index (κ3) is 4.42. The molecule has 1 aromatic rings. The Morgan fingerprint density at radius 1 is 1.32 bits per heavy atom. The van der Waals surface area contributed by atoms with E-state index in [1.165, 1.54) is 12.8 Å². The number of methoxy groups -OCH3 is 1. The monoisotopic (exact) mass is 305 g/mol. The standard InChI is InChI=1S/C18H31N3O/c1-13(2)9-14-7-8-21(11-14)16-10-15(12-22-6)19-17(20-16)18(3,4)5/h10,13-14H,7-9,11-12H2,1-6H3. The lowest BCUT2D eigenvalue weighted by molar-refractivity contribution is 0.181. The van der Waals surface area contributed by atoms with E-state index < -0.39 is 0 Å². The van der Waals surface area contributed by atoms with Crippen molar-refractivity contribution in [1.29, 1.82) is 0 Å². The maximum absolute atomic E-state index is 5.28. The maximum Gasteiger partial charge on any atom is 0.136 e. The van der Waals surface area contributed by atoms with Crippen LogP contribution in [0.3, 0.4) is 0 Å². The summed E-state index contributed by atoms with van der Waals surface area (Å²) in [4.78, 5) is 11.9. The minimum absolute atomic E-state index is 0.0461. The molecule has 0 aliphatic carbocycles. The first-order valence-corrected chi connectivity index (χ1v) is 8.42. The molecular formula is C18H31N3O. The summed E-state index contributed by atoms with van der Waals surface area (Å²) in [5.74, 6) is 3.53. The first-order valence-electron chi connectivity index (χ1n) is 8.42. The lowest BCUT2D eigenvalue weighted by Crippen LogP contribution is -2.25. The van der Waals surface area contributed by atoms with Crippen LogP contribution in [-0.2, 0) is 16.8 Å². The quantitative estimate of drug-likeness (QED) is 0.829. The molecule has 0 N–H and O–H groups in total. The third-order valence-electron chi connectivity index (χ3n) is 4.14. The Balaban J connectivity index is 2.21. The largest absolute Gasteiger partial charge is 0.378 e. The molecule has 124 valence electrons. The Labute approximate surface area is 135 Å². The minimum Gasteiger partial charge on any atom is -0.378 e. The summed E-state index contributed by atoms with van der Waals surface area (Å²) in [7, 11) is 1.72. The van der Waals surface area contributed by atoms with Gasteiger partial charge in [-0.05, 0) is 24.7 Å². The Morgan fingerprint density at radius 3 is 2.64 bits per heavy atom. The van der Waals surface area contributed by atoms with Gasteiger partial charge in [0.15, 0.2) is 0 Å². The molecule has 2 heterocycles. The van der Waals surface area contributed by atoms with Crippen LogP contribution >= 0.6 is 0 Å².